The Morgan fingerprint density at radius 3 is 1.70 bits per heavy atom. The van der Waals surface area contributed by atoms with Crippen LogP contribution in [0, 0.1) is 5.21 Å². The molecule has 0 aliphatic carbocycles. The fraction of sp³-hybridized carbons (Fsp3) is 0.955. The van der Waals surface area contributed by atoms with E-state index in [4.69, 9.17) is 5.11 Å². The zero-order valence-electron chi connectivity index (χ0n) is 18.1. The molecule has 0 aliphatic heterocycles. The van der Waals surface area contributed by atoms with Crippen molar-refractivity contribution in [3.63, 3.8) is 0 Å². The molecule has 0 heterocycles. The van der Waals surface area contributed by atoms with Crippen molar-refractivity contribution in [2.45, 2.75) is 103 Å². The highest BCUT2D eigenvalue weighted by Crippen LogP contribution is 2.13. The van der Waals surface area contributed by atoms with E-state index in [1.54, 1.807) is 0 Å². The van der Waals surface area contributed by atoms with Crippen LogP contribution in [-0.4, -0.2) is 54.3 Å². The van der Waals surface area contributed by atoms with Crippen molar-refractivity contribution < 1.29 is 9.90 Å². The van der Waals surface area contributed by atoms with Crippen molar-refractivity contribution in [1.29, 1.82) is 0 Å². The van der Waals surface area contributed by atoms with Gasteiger partial charge < -0.3 is 20.3 Å². The Morgan fingerprint density at radius 2 is 1.22 bits per heavy atom. The minimum Gasteiger partial charge on any atom is -0.756 e. The molecule has 0 atom stereocenters. The normalized spacial score (nSPS) is 11.3. The molecule has 0 radical (unpaired) electrons. The van der Waals surface area contributed by atoms with E-state index in [0.717, 1.165) is 19.4 Å². The fourth-order valence-corrected chi connectivity index (χ4v) is 3.31. The number of hydrogen-bond donors (Lipinski definition) is 1. The van der Waals surface area contributed by atoms with Crippen LogP contribution in [0.4, 0.5) is 0 Å². The molecular weight excluding hydrogens is 340 g/mol. The summed E-state index contributed by atoms with van der Waals surface area (Å²) < 4.78 is 0. The van der Waals surface area contributed by atoms with Crippen LogP contribution in [0.3, 0.4) is 0 Å². The van der Waals surface area contributed by atoms with Gasteiger partial charge in [0.15, 0.2) is 0 Å². The Kier molecular flexibility index (Phi) is 19.6. The number of aliphatic hydroxyl groups excluding tert-OH is 1. The van der Waals surface area contributed by atoms with Gasteiger partial charge >= 0.3 is 0 Å². The lowest BCUT2D eigenvalue weighted by molar-refractivity contribution is -0.128. The number of nitrogens with zero attached hydrogens (tertiary/aromatic N) is 2. The zero-order chi connectivity index (χ0) is 20.2. The molecule has 5 heteroatoms. The van der Waals surface area contributed by atoms with Crippen molar-refractivity contribution in [2.75, 3.05) is 33.3 Å². The van der Waals surface area contributed by atoms with Crippen LogP contribution in [-0.2, 0) is 4.79 Å². The molecule has 0 rings (SSSR count). The van der Waals surface area contributed by atoms with Crippen molar-refractivity contribution in [3.8, 4) is 0 Å². The summed E-state index contributed by atoms with van der Waals surface area (Å²) in [6, 6.07) is 0. The lowest BCUT2D eigenvalue weighted by Crippen LogP contribution is -2.30. The molecule has 0 aromatic rings. The van der Waals surface area contributed by atoms with E-state index in [0.29, 0.717) is 24.4 Å². The molecule has 0 aliphatic rings. The minimum atomic E-state index is -0.275. The third-order valence-corrected chi connectivity index (χ3v) is 5.16. The van der Waals surface area contributed by atoms with Gasteiger partial charge in [0.25, 0.3) is 0 Å². The molecule has 162 valence electrons. The standard InChI is InChI=1S/C22H45N2O3/c1-3-4-5-6-7-8-9-10-11-12-13-14-15-17-22(26)24(27)19-16-18-23(2)20-21-25/h25H,3-21H2,1-2H3/q-1. The van der Waals surface area contributed by atoms with Crippen LogP contribution in [0.2, 0.25) is 0 Å². The van der Waals surface area contributed by atoms with Crippen molar-refractivity contribution in [1.82, 2.24) is 9.96 Å². The first-order valence-corrected chi connectivity index (χ1v) is 11.4. The van der Waals surface area contributed by atoms with E-state index in [1.807, 2.05) is 11.9 Å². The van der Waals surface area contributed by atoms with Gasteiger partial charge in [-0.15, -0.1) is 0 Å². The van der Waals surface area contributed by atoms with Crippen molar-refractivity contribution >= 4 is 5.91 Å². The average molecular weight is 386 g/mol. The Hall–Kier alpha value is -0.650. The zero-order valence-corrected chi connectivity index (χ0v) is 18.1. The first kappa shape index (κ1) is 26.4. The molecule has 27 heavy (non-hydrogen) atoms. The average Bonchev–Trinajstić information content (AvgIpc) is 2.65. The molecule has 0 fully saturated rings. The molecule has 0 aromatic heterocycles. The topological polar surface area (TPSA) is 66.8 Å². The molecule has 0 bridgehead atoms. The van der Waals surface area contributed by atoms with Gasteiger partial charge in [0.05, 0.1) is 6.61 Å². The number of hydrogen-bond acceptors (Lipinski definition) is 4. The second kappa shape index (κ2) is 20.1. The summed E-state index contributed by atoms with van der Waals surface area (Å²) in [5.41, 5.74) is 0. The molecule has 0 unspecified atom stereocenters. The predicted octanol–water partition coefficient (Wildman–Crippen LogP) is 5.11. The molecule has 1 N–H and O–H groups in total. The van der Waals surface area contributed by atoms with E-state index >= 15 is 0 Å². The van der Waals surface area contributed by atoms with E-state index in [-0.39, 0.29) is 19.1 Å². The first-order chi connectivity index (χ1) is 13.1. The van der Waals surface area contributed by atoms with Crippen LogP contribution in [0.25, 0.3) is 0 Å². The SMILES string of the molecule is CCCCCCCCCCCCCCCC(=O)N([O-])CCCN(C)CCO. The smallest absolute Gasteiger partial charge is 0.212 e. The van der Waals surface area contributed by atoms with Crippen LogP contribution in [0.5, 0.6) is 0 Å². The predicted molar refractivity (Wildman–Crippen MR) is 115 cm³/mol. The highest BCUT2D eigenvalue weighted by molar-refractivity contribution is 5.76. The maximum Gasteiger partial charge on any atom is 0.212 e. The van der Waals surface area contributed by atoms with E-state index in [9.17, 15) is 10.0 Å². The summed E-state index contributed by atoms with van der Waals surface area (Å²) in [5.74, 6) is -0.275. The molecular formula is C22H45N2O3-. The maximum atomic E-state index is 11.8. The van der Waals surface area contributed by atoms with Crippen LogP contribution in [0.1, 0.15) is 103 Å². The number of carbonyl (C=O) groups excluding carboxylic acids is 1. The van der Waals surface area contributed by atoms with E-state index in [2.05, 4.69) is 6.92 Å². The number of rotatable bonds is 20. The molecule has 0 aromatic carbocycles. The quantitative estimate of drug-likeness (QED) is 0.234. The summed E-state index contributed by atoms with van der Waals surface area (Å²) in [6.07, 6.45) is 17.6. The highest BCUT2D eigenvalue weighted by atomic mass is 16.5. The largest absolute Gasteiger partial charge is 0.756 e. The Balaban J connectivity index is 3.35. The number of hydroxylamine groups is 2. The van der Waals surface area contributed by atoms with Gasteiger partial charge in [-0.3, -0.25) is 4.79 Å². The second-order valence-corrected chi connectivity index (χ2v) is 7.87. The van der Waals surface area contributed by atoms with Gasteiger partial charge in [-0.1, -0.05) is 84.0 Å². The first-order valence-electron chi connectivity index (χ1n) is 11.4. The van der Waals surface area contributed by atoms with Crippen LogP contribution in [0.15, 0.2) is 0 Å². The molecule has 0 saturated heterocycles. The van der Waals surface area contributed by atoms with E-state index in [1.165, 1.54) is 70.6 Å². The summed E-state index contributed by atoms with van der Waals surface area (Å²) in [5, 5.41) is 21.2. The number of likely N-dealkylation sites (N-methyl/N-ethyl adjacent to an activating group) is 1. The number of unbranched alkanes of at least 4 members (excludes halogenated alkanes) is 12. The fourth-order valence-electron chi connectivity index (χ4n) is 3.31. The van der Waals surface area contributed by atoms with Gasteiger partial charge in [-0.05, 0) is 26.4 Å². The molecule has 1 amide bonds. The summed E-state index contributed by atoms with van der Waals surface area (Å²) in [6.45, 7) is 3.97. The van der Waals surface area contributed by atoms with Crippen LogP contribution >= 0.6 is 0 Å². The Labute approximate surface area is 168 Å². The van der Waals surface area contributed by atoms with Gasteiger partial charge in [0, 0.05) is 19.5 Å². The summed E-state index contributed by atoms with van der Waals surface area (Å²) >= 11 is 0. The highest BCUT2D eigenvalue weighted by Gasteiger charge is 2.05. The molecule has 0 saturated carbocycles. The van der Waals surface area contributed by atoms with Crippen molar-refractivity contribution in [2.24, 2.45) is 0 Å². The van der Waals surface area contributed by atoms with Gasteiger partial charge in [-0.2, -0.15) is 0 Å². The second-order valence-electron chi connectivity index (χ2n) is 7.87. The third kappa shape index (κ3) is 18.5. The number of amides is 1. The van der Waals surface area contributed by atoms with Crippen LogP contribution < -0.4 is 0 Å². The monoisotopic (exact) mass is 385 g/mol. The molecule has 0 spiro atoms. The van der Waals surface area contributed by atoms with Gasteiger partial charge in [0.1, 0.15) is 0 Å². The number of aliphatic hydroxyl groups is 1. The maximum absolute atomic E-state index is 11.8. The Bertz CT molecular complexity index is 327. The summed E-state index contributed by atoms with van der Waals surface area (Å²) in [4.78, 5) is 13.8. The molecule has 5 nitrogen and oxygen atoms in total. The van der Waals surface area contributed by atoms with Gasteiger partial charge in [0.2, 0.25) is 5.91 Å². The van der Waals surface area contributed by atoms with Crippen molar-refractivity contribution in [3.05, 3.63) is 5.21 Å². The van der Waals surface area contributed by atoms with E-state index < -0.39 is 0 Å². The van der Waals surface area contributed by atoms with Gasteiger partial charge in [-0.25, -0.2) is 0 Å². The third-order valence-electron chi connectivity index (χ3n) is 5.16. The Morgan fingerprint density at radius 1 is 0.741 bits per heavy atom. The number of carbonyl (C=O) groups is 1. The summed E-state index contributed by atoms with van der Waals surface area (Å²) in [7, 11) is 1.90. The minimum absolute atomic E-state index is 0.121. The lowest BCUT2D eigenvalue weighted by atomic mass is 10.0. The lowest BCUT2D eigenvalue weighted by Gasteiger charge is -2.29.